The zero-order valence-corrected chi connectivity index (χ0v) is 11.4. The molecular formula is C9H9Cl2N5S. The van der Waals surface area contributed by atoms with Crippen LogP contribution in [-0.2, 0) is 5.54 Å². The number of thiazole rings is 1. The Hall–Kier alpha value is -0.980. The average molecular weight is 290 g/mol. The van der Waals surface area contributed by atoms with Gasteiger partial charge in [0.15, 0.2) is 0 Å². The third kappa shape index (κ3) is 3.02. The van der Waals surface area contributed by atoms with Crippen LogP contribution in [0.5, 0.6) is 0 Å². The number of halogens is 2. The molecule has 0 aliphatic heterocycles. The lowest BCUT2D eigenvalue weighted by Crippen LogP contribution is -2.29. The molecule has 90 valence electrons. The third-order valence-electron chi connectivity index (χ3n) is 1.97. The fourth-order valence-corrected chi connectivity index (χ4v) is 2.33. The summed E-state index contributed by atoms with van der Waals surface area (Å²) < 4.78 is 0. The van der Waals surface area contributed by atoms with Crippen molar-refractivity contribution in [1.29, 1.82) is 0 Å². The summed E-state index contributed by atoms with van der Waals surface area (Å²) in [6.07, 6.45) is 1.75. The molecule has 0 saturated heterocycles. The molecule has 8 heteroatoms. The van der Waals surface area contributed by atoms with Gasteiger partial charge in [0.05, 0.1) is 5.54 Å². The van der Waals surface area contributed by atoms with Crippen molar-refractivity contribution in [1.82, 2.24) is 19.9 Å². The monoisotopic (exact) mass is 289 g/mol. The fraction of sp³-hybridized carbons (Fsp3) is 0.333. The quantitative estimate of drug-likeness (QED) is 0.941. The summed E-state index contributed by atoms with van der Waals surface area (Å²) in [7, 11) is 0. The molecule has 0 atom stereocenters. The number of rotatable bonds is 3. The van der Waals surface area contributed by atoms with Crippen LogP contribution in [0.15, 0.2) is 11.6 Å². The Bertz CT molecular complexity index is 494. The molecule has 2 aromatic rings. The van der Waals surface area contributed by atoms with Crippen LogP contribution in [0.1, 0.15) is 18.9 Å². The number of nitrogens with one attached hydrogen (secondary N) is 1. The second-order valence-electron chi connectivity index (χ2n) is 3.78. The molecule has 0 aromatic carbocycles. The average Bonchev–Trinajstić information content (AvgIpc) is 2.67. The van der Waals surface area contributed by atoms with Gasteiger partial charge in [0.25, 0.3) is 0 Å². The lowest BCUT2D eigenvalue weighted by atomic mass is 10.1. The van der Waals surface area contributed by atoms with Crippen LogP contribution >= 0.6 is 34.5 Å². The summed E-state index contributed by atoms with van der Waals surface area (Å²) in [5, 5.41) is 6.07. The van der Waals surface area contributed by atoms with Gasteiger partial charge in [-0.25, -0.2) is 4.98 Å². The van der Waals surface area contributed by atoms with Crippen molar-refractivity contribution < 1.29 is 0 Å². The molecule has 0 bridgehead atoms. The number of hydrogen-bond donors (Lipinski definition) is 1. The predicted octanol–water partition coefficient (Wildman–Crippen LogP) is 2.98. The zero-order chi connectivity index (χ0) is 12.5. The van der Waals surface area contributed by atoms with Crippen molar-refractivity contribution >= 4 is 40.5 Å². The summed E-state index contributed by atoms with van der Waals surface area (Å²) in [6, 6.07) is 0. The van der Waals surface area contributed by atoms with Crippen LogP contribution in [0.3, 0.4) is 0 Å². The number of hydrogen-bond acceptors (Lipinski definition) is 6. The van der Waals surface area contributed by atoms with Gasteiger partial charge in [-0.2, -0.15) is 15.0 Å². The molecule has 2 aromatic heterocycles. The van der Waals surface area contributed by atoms with E-state index < -0.39 is 5.54 Å². The van der Waals surface area contributed by atoms with Crippen molar-refractivity contribution in [2.24, 2.45) is 0 Å². The Morgan fingerprint density at radius 1 is 1.18 bits per heavy atom. The van der Waals surface area contributed by atoms with Crippen molar-refractivity contribution in [3.8, 4) is 0 Å². The van der Waals surface area contributed by atoms with Gasteiger partial charge in [0.1, 0.15) is 5.01 Å². The van der Waals surface area contributed by atoms with Crippen molar-refractivity contribution in [2.75, 3.05) is 5.32 Å². The molecule has 0 aliphatic rings. The normalized spacial score (nSPS) is 11.5. The van der Waals surface area contributed by atoms with Crippen molar-refractivity contribution in [3.05, 3.63) is 27.2 Å². The molecule has 0 radical (unpaired) electrons. The van der Waals surface area contributed by atoms with Gasteiger partial charge in [0.2, 0.25) is 16.5 Å². The van der Waals surface area contributed by atoms with Gasteiger partial charge in [-0.3, -0.25) is 0 Å². The van der Waals surface area contributed by atoms with E-state index in [0.29, 0.717) is 5.95 Å². The van der Waals surface area contributed by atoms with E-state index in [9.17, 15) is 0 Å². The van der Waals surface area contributed by atoms with E-state index in [2.05, 4.69) is 25.3 Å². The van der Waals surface area contributed by atoms with Crippen LogP contribution in [0.2, 0.25) is 10.6 Å². The molecule has 2 heterocycles. The van der Waals surface area contributed by atoms with Gasteiger partial charge in [0, 0.05) is 11.6 Å². The van der Waals surface area contributed by atoms with E-state index in [4.69, 9.17) is 23.2 Å². The van der Waals surface area contributed by atoms with Crippen molar-refractivity contribution in [2.45, 2.75) is 19.4 Å². The Morgan fingerprint density at radius 2 is 1.82 bits per heavy atom. The molecule has 5 nitrogen and oxygen atoms in total. The molecule has 0 aliphatic carbocycles. The van der Waals surface area contributed by atoms with Gasteiger partial charge in [-0.15, -0.1) is 11.3 Å². The predicted molar refractivity (Wildman–Crippen MR) is 68.6 cm³/mol. The Kier molecular flexibility index (Phi) is 3.46. The summed E-state index contributed by atoms with van der Waals surface area (Å²) in [5.41, 5.74) is -0.401. The second-order valence-corrected chi connectivity index (χ2v) is 5.36. The van der Waals surface area contributed by atoms with Gasteiger partial charge in [-0.1, -0.05) is 0 Å². The SMILES string of the molecule is CC(C)(Nc1nc(Cl)nc(Cl)n1)c1nccs1. The minimum Gasteiger partial charge on any atom is -0.343 e. The summed E-state index contributed by atoms with van der Waals surface area (Å²) in [5.74, 6) is 0.329. The van der Waals surface area contributed by atoms with E-state index in [-0.39, 0.29) is 10.6 Å². The van der Waals surface area contributed by atoms with E-state index in [1.807, 2.05) is 19.2 Å². The van der Waals surface area contributed by atoms with Crippen LogP contribution in [0, 0.1) is 0 Å². The zero-order valence-electron chi connectivity index (χ0n) is 9.11. The smallest absolute Gasteiger partial charge is 0.229 e. The van der Waals surface area contributed by atoms with E-state index >= 15 is 0 Å². The fourth-order valence-electron chi connectivity index (χ4n) is 1.25. The van der Waals surface area contributed by atoms with Crippen molar-refractivity contribution in [3.63, 3.8) is 0 Å². The second kappa shape index (κ2) is 4.72. The van der Waals surface area contributed by atoms with Gasteiger partial charge in [-0.05, 0) is 37.0 Å². The first-order chi connectivity index (χ1) is 7.97. The van der Waals surface area contributed by atoms with E-state index in [1.165, 1.54) is 0 Å². The first-order valence-corrected chi connectivity index (χ1v) is 6.36. The highest BCUT2D eigenvalue weighted by Gasteiger charge is 2.24. The number of anilines is 1. The lowest BCUT2D eigenvalue weighted by Gasteiger charge is -2.23. The molecular weight excluding hydrogens is 281 g/mol. The lowest BCUT2D eigenvalue weighted by molar-refractivity contribution is 0.596. The largest absolute Gasteiger partial charge is 0.343 e. The summed E-state index contributed by atoms with van der Waals surface area (Å²) in [6.45, 7) is 3.94. The molecule has 2 rings (SSSR count). The number of aromatic nitrogens is 4. The standard InChI is InChI=1S/C9H9Cl2N5S/c1-9(2,5-12-3-4-17-5)16-8-14-6(10)13-7(11)15-8/h3-4H,1-2H3,(H,13,14,15,16). The molecule has 0 amide bonds. The maximum Gasteiger partial charge on any atom is 0.229 e. The Morgan fingerprint density at radius 3 is 2.35 bits per heavy atom. The topological polar surface area (TPSA) is 63.6 Å². The van der Waals surface area contributed by atoms with E-state index in [0.717, 1.165) is 5.01 Å². The first kappa shape index (κ1) is 12.5. The highest BCUT2D eigenvalue weighted by Crippen LogP contribution is 2.26. The van der Waals surface area contributed by atoms with Crippen LogP contribution in [0.4, 0.5) is 5.95 Å². The molecule has 17 heavy (non-hydrogen) atoms. The van der Waals surface area contributed by atoms with E-state index in [1.54, 1.807) is 17.5 Å². The van der Waals surface area contributed by atoms with Crippen LogP contribution in [-0.4, -0.2) is 19.9 Å². The minimum atomic E-state index is -0.401. The Balaban J connectivity index is 2.26. The van der Waals surface area contributed by atoms with Gasteiger partial charge >= 0.3 is 0 Å². The number of nitrogens with zero attached hydrogens (tertiary/aromatic N) is 4. The summed E-state index contributed by atoms with van der Waals surface area (Å²) in [4.78, 5) is 15.8. The molecule has 0 spiro atoms. The van der Waals surface area contributed by atoms with Crippen LogP contribution < -0.4 is 5.32 Å². The molecule has 0 fully saturated rings. The molecule has 0 saturated carbocycles. The summed E-state index contributed by atoms with van der Waals surface area (Å²) >= 11 is 13.0. The minimum absolute atomic E-state index is 0.0578. The van der Waals surface area contributed by atoms with Gasteiger partial charge < -0.3 is 5.32 Å². The molecule has 1 N–H and O–H groups in total. The van der Waals surface area contributed by atoms with Crippen LogP contribution in [0.25, 0.3) is 0 Å². The maximum atomic E-state index is 5.70. The third-order valence-corrected chi connectivity index (χ3v) is 3.41. The first-order valence-electron chi connectivity index (χ1n) is 4.72. The highest BCUT2D eigenvalue weighted by atomic mass is 35.5. The molecule has 0 unspecified atom stereocenters. The Labute approximate surface area is 112 Å². The maximum absolute atomic E-state index is 5.70. The highest BCUT2D eigenvalue weighted by molar-refractivity contribution is 7.09.